The van der Waals surface area contributed by atoms with Crippen molar-refractivity contribution in [3.05, 3.63) is 54.0 Å². The molecule has 0 bridgehead atoms. The van der Waals surface area contributed by atoms with Gasteiger partial charge < -0.3 is 14.1 Å². The molecular weight excluding hydrogens is 412 g/mol. The first-order valence-electron chi connectivity index (χ1n) is 10.5. The van der Waals surface area contributed by atoms with Gasteiger partial charge in [0.1, 0.15) is 5.76 Å². The minimum atomic E-state index is 0.0846. The first kappa shape index (κ1) is 21.6. The summed E-state index contributed by atoms with van der Waals surface area (Å²) < 4.78 is 12.9. The van der Waals surface area contributed by atoms with Crippen LogP contribution in [0.5, 0.6) is 0 Å². The van der Waals surface area contributed by atoms with E-state index in [0.29, 0.717) is 43.8 Å². The van der Waals surface area contributed by atoms with E-state index >= 15 is 0 Å². The number of rotatable bonds is 6. The summed E-state index contributed by atoms with van der Waals surface area (Å²) in [5.41, 5.74) is 2.33. The van der Waals surface area contributed by atoms with Crippen LogP contribution in [-0.2, 0) is 21.5 Å². The van der Waals surface area contributed by atoms with E-state index in [2.05, 4.69) is 55.2 Å². The molecule has 0 N–H and O–H groups in total. The van der Waals surface area contributed by atoms with Crippen molar-refractivity contribution in [3.8, 4) is 11.4 Å². The van der Waals surface area contributed by atoms with E-state index in [1.54, 1.807) is 6.26 Å². The molecule has 0 radical (unpaired) electrons. The summed E-state index contributed by atoms with van der Waals surface area (Å²) in [6.07, 6.45) is 1.66. The standard InChI is InChI=1S/C23H28N4O3S/c1-23(2,3)18-8-6-17(7-9-18)21-24-25-22(27(21)15-19-5-4-12-30-19)31-16-20(28)26-10-13-29-14-11-26/h4-9,12H,10-11,13-16H2,1-3H3. The van der Waals surface area contributed by atoms with Crippen molar-refractivity contribution in [1.82, 2.24) is 19.7 Å². The Kier molecular flexibility index (Phi) is 6.48. The van der Waals surface area contributed by atoms with E-state index in [9.17, 15) is 4.79 Å². The topological polar surface area (TPSA) is 73.4 Å². The lowest BCUT2D eigenvalue weighted by Gasteiger charge is -2.26. The van der Waals surface area contributed by atoms with Crippen molar-refractivity contribution in [1.29, 1.82) is 0 Å². The third-order valence-corrected chi connectivity index (χ3v) is 6.26. The van der Waals surface area contributed by atoms with Gasteiger partial charge in [0.05, 0.1) is 31.8 Å². The average Bonchev–Trinajstić information content (AvgIpc) is 3.42. The molecule has 3 heterocycles. The Balaban J connectivity index is 1.57. The minimum absolute atomic E-state index is 0.0846. The Morgan fingerprint density at radius 2 is 1.84 bits per heavy atom. The van der Waals surface area contributed by atoms with E-state index in [0.717, 1.165) is 17.1 Å². The maximum absolute atomic E-state index is 12.6. The Bertz CT molecular complexity index is 1000. The van der Waals surface area contributed by atoms with Crippen LogP contribution in [0.15, 0.2) is 52.2 Å². The van der Waals surface area contributed by atoms with E-state index in [1.165, 1.54) is 17.3 Å². The number of carbonyl (C=O) groups is 1. The van der Waals surface area contributed by atoms with Crippen LogP contribution in [0, 0.1) is 0 Å². The Morgan fingerprint density at radius 1 is 1.10 bits per heavy atom. The molecule has 1 saturated heterocycles. The highest BCUT2D eigenvalue weighted by Crippen LogP contribution is 2.28. The molecule has 31 heavy (non-hydrogen) atoms. The van der Waals surface area contributed by atoms with Gasteiger partial charge in [0.2, 0.25) is 5.91 Å². The van der Waals surface area contributed by atoms with Crippen molar-refractivity contribution < 1.29 is 13.9 Å². The maximum atomic E-state index is 12.6. The van der Waals surface area contributed by atoms with Gasteiger partial charge in [0, 0.05) is 18.7 Å². The summed E-state index contributed by atoms with van der Waals surface area (Å²) in [4.78, 5) is 14.4. The lowest BCUT2D eigenvalue weighted by molar-refractivity contribution is -0.132. The lowest BCUT2D eigenvalue weighted by atomic mass is 9.87. The molecule has 1 fully saturated rings. The Labute approximate surface area is 186 Å². The second kappa shape index (κ2) is 9.28. The fraction of sp³-hybridized carbons (Fsp3) is 0.435. The maximum Gasteiger partial charge on any atom is 0.233 e. The molecule has 8 heteroatoms. The first-order valence-corrected chi connectivity index (χ1v) is 11.5. The third kappa shape index (κ3) is 5.19. The molecule has 164 valence electrons. The molecule has 1 aliphatic rings. The zero-order valence-corrected chi connectivity index (χ0v) is 19.0. The predicted molar refractivity (Wildman–Crippen MR) is 120 cm³/mol. The summed E-state index contributed by atoms with van der Waals surface area (Å²) in [7, 11) is 0. The van der Waals surface area contributed by atoms with E-state index in [-0.39, 0.29) is 11.3 Å². The van der Waals surface area contributed by atoms with Crippen LogP contribution in [0.1, 0.15) is 32.1 Å². The number of morpholine rings is 1. The van der Waals surface area contributed by atoms with Gasteiger partial charge >= 0.3 is 0 Å². The number of aromatic nitrogens is 3. The minimum Gasteiger partial charge on any atom is -0.467 e. The highest BCUT2D eigenvalue weighted by Gasteiger charge is 2.21. The van der Waals surface area contributed by atoms with Crippen molar-refractivity contribution in [3.63, 3.8) is 0 Å². The van der Waals surface area contributed by atoms with Gasteiger partial charge in [-0.3, -0.25) is 9.36 Å². The number of furan rings is 1. The number of carbonyl (C=O) groups excluding carboxylic acids is 1. The number of benzene rings is 1. The van der Waals surface area contributed by atoms with Gasteiger partial charge in [0.15, 0.2) is 11.0 Å². The second-order valence-electron chi connectivity index (χ2n) is 8.58. The second-order valence-corrected chi connectivity index (χ2v) is 9.52. The fourth-order valence-electron chi connectivity index (χ4n) is 3.46. The highest BCUT2D eigenvalue weighted by atomic mass is 32.2. The van der Waals surface area contributed by atoms with Crippen LogP contribution >= 0.6 is 11.8 Å². The number of thioether (sulfide) groups is 1. The highest BCUT2D eigenvalue weighted by molar-refractivity contribution is 7.99. The number of hydrogen-bond donors (Lipinski definition) is 0. The van der Waals surface area contributed by atoms with Gasteiger partial charge in [-0.1, -0.05) is 56.8 Å². The molecule has 0 unspecified atom stereocenters. The normalized spacial score (nSPS) is 14.7. The quantitative estimate of drug-likeness (QED) is 0.543. The van der Waals surface area contributed by atoms with Crippen molar-refractivity contribution in [2.45, 2.75) is 37.9 Å². The summed E-state index contributed by atoms with van der Waals surface area (Å²) in [6, 6.07) is 12.2. The van der Waals surface area contributed by atoms with Crippen LogP contribution in [0.3, 0.4) is 0 Å². The van der Waals surface area contributed by atoms with Crippen LogP contribution in [-0.4, -0.2) is 57.6 Å². The molecule has 3 aromatic rings. The van der Waals surface area contributed by atoms with Gasteiger partial charge in [-0.25, -0.2) is 0 Å². The molecule has 1 aliphatic heterocycles. The zero-order valence-electron chi connectivity index (χ0n) is 18.2. The SMILES string of the molecule is CC(C)(C)c1ccc(-c2nnc(SCC(=O)N3CCOCC3)n2Cc2ccco2)cc1. The average molecular weight is 441 g/mol. The Morgan fingerprint density at radius 3 is 2.48 bits per heavy atom. The number of ether oxygens (including phenoxy) is 1. The van der Waals surface area contributed by atoms with Gasteiger partial charge in [-0.2, -0.15) is 0 Å². The largest absolute Gasteiger partial charge is 0.467 e. The summed E-state index contributed by atoms with van der Waals surface area (Å²) in [6.45, 7) is 9.57. The number of hydrogen-bond acceptors (Lipinski definition) is 6. The van der Waals surface area contributed by atoms with E-state index in [1.807, 2.05) is 21.6 Å². The number of amides is 1. The molecule has 0 saturated carbocycles. The smallest absolute Gasteiger partial charge is 0.233 e. The first-order chi connectivity index (χ1) is 14.9. The predicted octanol–water partition coefficient (Wildman–Crippen LogP) is 3.83. The van der Waals surface area contributed by atoms with E-state index in [4.69, 9.17) is 9.15 Å². The summed E-state index contributed by atoms with van der Waals surface area (Å²) >= 11 is 1.41. The molecule has 7 nitrogen and oxygen atoms in total. The van der Waals surface area contributed by atoms with Gasteiger partial charge in [-0.15, -0.1) is 10.2 Å². The van der Waals surface area contributed by atoms with Crippen LogP contribution < -0.4 is 0 Å². The molecule has 0 aliphatic carbocycles. The van der Waals surface area contributed by atoms with Crippen LogP contribution in [0.2, 0.25) is 0 Å². The fourth-order valence-corrected chi connectivity index (χ4v) is 4.30. The van der Waals surface area contributed by atoms with Crippen molar-refractivity contribution >= 4 is 17.7 Å². The van der Waals surface area contributed by atoms with Gasteiger partial charge in [0.25, 0.3) is 0 Å². The molecular formula is C23H28N4O3S. The van der Waals surface area contributed by atoms with Crippen LogP contribution in [0.25, 0.3) is 11.4 Å². The molecule has 4 rings (SSSR count). The van der Waals surface area contributed by atoms with Crippen molar-refractivity contribution in [2.75, 3.05) is 32.1 Å². The van der Waals surface area contributed by atoms with Crippen LogP contribution in [0.4, 0.5) is 0 Å². The monoisotopic (exact) mass is 440 g/mol. The Hall–Kier alpha value is -2.58. The molecule has 0 atom stereocenters. The molecule has 1 amide bonds. The number of nitrogens with zero attached hydrogens (tertiary/aromatic N) is 4. The summed E-state index contributed by atoms with van der Waals surface area (Å²) in [5.74, 6) is 1.99. The van der Waals surface area contributed by atoms with E-state index < -0.39 is 0 Å². The molecule has 0 spiro atoms. The lowest BCUT2D eigenvalue weighted by Crippen LogP contribution is -2.41. The zero-order chi connectivity index (χ0) is 21.8. The molecule has 1 aromatic carbocycles. The van der Waals surface area contributed by atoms with Crippen molar-refractivity contribution in [2.24, 2.45) is 0 Å². The summed E-state index contributed by atoms with van der Waals surface area (Å²) in [5, 5.41) is 9.56. The van der Waals surface area contributed by atoms with Gasteiger partial charge in [-0.05, 0) is 23.1 Å². The molecule has 2 aromatic heterocycles. The third-order valence-electron chi connectivity index (χ3n) is 5.31.